The van der Waals surface area contributed by atoms with Gasteiger partial charge in [0.1, 0.15) is 30.4 Å². The molecule has 96 valence electrons. The van der Waals surface area contributed by atoms with E-state index in [9.17, 15) is 0 Å². The molecule has 2 heterocycles. The van der Waals surface area contributed by atoms with Gasteiger partial charge in [0.05, 0.1) is 6.20 Å². The zero-order valence-corrected chi connectivity index (χ0v) is 11.2. The number of nitrogens with one attached hydrogen (secondary N) is 1. The highest BCUT2D eigenvalue weighted by atomic mass is 35.5. The van der Waals surface area contributed by atoms with Gasteiger partial charge in [0, 0.05) is 11.1 Å². The van der Waals surface area contributed by atoms with Crippen molar-refractivity contribution in [3.05, 3.63) is 59.1 Å². The number of fused-ring (bicyclic) bond motifs is 1. The fourth-order valence-corrected chi connectivity index (χ4v) is 2.16. The van der Waals surface area contributed by atoms with Gasteiger partial charge in [-0.1, -0.05) is 16.6 Å². The van der Waals surface area contributed by atoms with Gasteiger partial charge in [-0.2, -0.15) is 0 Å². The lowest BCUT2D eigenvalue weighted by molar-refractivity contribution is -0.513. The molecular weight excluding hydrogens is 262 g/mol. The molecule has 3 aromatic rings. The van der Waals surface area contributed by atoms with E-state index in [-0.39, 0.29) is 0 Å². The standard InChI is InChI=1S/C14H12ClN3O/c1-10-7-11(15)3-4-13(10)19-9-12-8-18-6-2-5-16-14(18)17-12/h2-8H,9H2,1H3/p+1. The average Bonchev–Trinajstić information content (AvgIpc) is 2.80. The van der Waals surface area contributed by atoms with E-state index in [4.69, 9.17) is 16.3 Å². The third kappa shape index (κ3) is 2.53. The highest BCUT2D eigenvalue weighted by Gasteiger charge is 2.09. The van der Waals surface area contributed by atoms with Gasteiger partial charge >= 0.3 is 5.78 Å². The zero-order chi connectivity index (χ0) is 13.2. The van der Waals surface area contributed by atoms with Crippen LogP contribution in [0.3, 0.4) is 0 Å². The lowest BCUT2D eigenvalue weighted by atomic mass is 10.2. The summed E-state index contributed by atoms with van der Waals surface area (Å²) in [4.78, 5) is 7.42. The van der Waals surface area contributed by atoms with E-state index in [1.54, 1.807) is 6.20 Å². The summed E-state index contributed by atoms with van der Waals surface area (Å²) in [6.45, 7) is 2.44. The fraction of sp³-hybridized carbons (Fsp3) is 0.143. The van der Waals surface area contributed by atoms with Crippen LogP contribution in [0.4, 0.5) is 0 Å². The Morgan fingerprint density at radius 2 is 2.32 bits per heavy atom. The summed E-state index contributed by atoms with van der Waals surface area (Å²) in [7, 11) is 0. The van der Waals surface area contributed by atoms with Crippen molar-refractivity contribution in [2.45, 2.75) is 13.5 Å². The number of ether oxygens (including phenoxy) is 1. The Balaban J connectivity index is 1.78. The maximum absolute atomic E-state index is 5.91. The van der Waals surface area contributed by atoms with Crippen molar-refractivity contribution in [2.75, 3.05) is 0 Å². The van der Waals surface area contributed by atoms with E-state index in [0.29, 0.717) is 6.61 Å². The van der Waals surface area contributed by atoms with Crippen LogP contribution in [0.2, 0.25) is 5.02 Å². The van der Waals surface area contributed by atoms with Crippen molar-refractivity contribution in [1.82, 2.24) is 9.97 Å². The summed E-state index contributed by atoms with van der Waals surface area (Å²) in [5, 5.41) is 0.718. The minimum Gasteiger partial charge on any atom is -0.486 e. The van der Waals surface area contributed by atoms with Crippen molar-refractivity contribution in [3.63, 3.8) is 0 Å². The highest BCUT2D eigenvalue weighted by molar-refractivity contribution is 6.30. The Morgan fingerprint density at radius 1 is 1.42 bits per heavy atom. The number of aromatic nitrogens is 3. The van der Waals surface area contributed by atoms with Gasteiger partial charge in [-0.15, -0.1) is 0 Å². The summed E-state index contributed by atoms with van der Waals surface area (Å²) in [5.74, 6) is 1.63. The van der Waals surface area contributed by atoms with Crippen molar-refractivity contribution in [3.8, 4) is 5.75 Å². The topological polar surface area (TPSA) is 42.0 Å². The molecule has 0 amide bonds. The van der Waals surface area contributed by atoms with Gasteiger partial charge in [0.15, 0.2) is 0 Å². The van der Waals surface area contributed by atoms with Crippen LogP contribution in [0.15, 0.2) is 42.9 Å². The van der Waals surface area contributed by atoms with Crippen LogP contribution in [-0.2, 0) is 6.61 Å². The first-order valence-corrected chi connectivity index (χ1v) is 6.33. The molecule has 0 aliphatic heterocycles. The van der Waals surface area contributed by atoms with E-state index in [1.165, 1.54) is 0 Å². The van der Waals surface area contributed by atoms with E-state index < -0.39 is 0 Å². The molecule has 0 spiro atoms. The molecule has 3 rings (SSSR count). The molecule has 1 aromatic carbocycles. The summed E-state index contributed by atoms with van der Waals surface area (Å²) in [5.41, 5.74) is 1.99. The summed E-state index contributed by atoms with van der Waals surface area (Å²) < 4.78 is 7.70. The van der Waals surface area contributed by atoms with Crippen molar-refractivity contribution in [2.24, 2.45) is 0 Å². The zero-order valence-electron chi connectivity index (χ0n) is 10.4. The number of benzene rings is 1. The molecule has 0 unspecified atom stereocenters. The molecule has 0 atom stereocenters. The Hall–Kier alpha value is -2.07. The Labute approximate surface area is 115 Å². The second kappa shape index (κ2) is 4.90. The third-order valence-electron chi connectivity index (χ3n) is 2.86. The van der Waals surface area contributed by atoms with Gasteiger partial charge in [-0.25, -0.2) is 9.38 Å². The minimum absolute atomic E-state index is 0.464. The lowest BCUT2D eigenvalue weighted by Gasteiger charge is -2.06. The second-order valence-electron chi connectivity index (χ2n) is 4.33. The third-order valence-corrected chi connectivity index (χ3v) is 3.10. The van der Waals surface area contributed by atoms with Crippen LogP contribution < -0.4 is 9.14 Å². The van der Waals surface area contributed by atoms with Crippen molar-refractivity contribution in [1.29, 1.82) is 0 Å². The van der Waals surface area contributed by atoms with Gasteiger partial charge in [0.2, 0.25) is 0 Å². The van der Waals surface area contributed by atoms with Gasteiger partial charge in [0.25, 0.3) is 0 Å². The van der Waals surface area contributed by atoms with E-state index in [2.05, 4.69) is 9.97 Å². The quantitative estimate of drug-likeness (QED) is 0.746. The minimum atomic E-state index is 0.464. The summed E-state index contributed by atoms with van der Waals surface area (Å²) in [6.07, 6.45) is 5.66. The van der Waals surface area contributed by atoms with Crippen LogP contribution in [0, 0.1) is 6.92 Å². The van der Waals surface area contributed by atoms with Crippen LogP contribution in [0.25, 0.3) is 5.78 Å². The second-order valence-corrected chi connectivity index (χ2v) is 4.76. The number of H-pyrrole nitrogens is 1. The van der Waals surface area contributed by atoms with Crippen LogP contribution in [0.1, 0.15) is 11.3 Å². The normalized spacial score (nSPS) is 10.8. The molecule has 0 saturated carbocycles. The molecule has 1 N–H and O–H groups in total. The summed E-state index contributed by atoms with van der Waals surface area (Å²) >= 11 is 5.91. The largest absolute Gasteiger partial charge is 0.486 e. The first kappa shape index (κ1) is 12.0. The van der Waals surface area contributed by atoms with Gasteiger partial charge in [-0.3, -0.25) is 0 Å². The molecule has 0 saturated heterocycles. The SMILES string of the molecule is Cc1cc(Cl)ccc1OCc1c[n+]2cccnc2[nH]1. The number of hydrogen-bond acceptors (Lipinski definition) is 2. The summed E-state index contributed by atoms with van der Waals surface area (Å²) in [6, 6.07) is 7.48. The maximum Gasteiger partial charge on any atom is 0.401 e. The van der Waals surface area contributed by atoms with E-state index >= 15 is 0 Å². The molecule has 0 bridgehead atoms. The average molecular weight is 275 g/mol. The van der Waals surface area contributed by atoms with E-state index in [1.807, 2.05) is 48.0 Å². The molecule has 5 heteroatoms. The van der Waals surface area contributed by atoms with Gasteiger partial charge < -0.3 is 4.74 Å². The number of imidazole rings is 1. The molecule has 0 fully saturated rings. The molecule has 19 heavy (non-hydrogen) atoms. The number of hydrogen-bond donors (Lipinski definition) is 1. The lowest BCUT2D eigenvalue weighted by Crippen LogP contribution is -2.17. The van der Waals surface area contributed by atoms with Crippen molar-refractivity contribution < 1.29 is 9.14 Å². The monoisotopic (exact) mass is 274 g/mol. The molecule has 0 aliphatic rings. The number of halogens is 1. The molecular formula is C14H13ClN3O+. The predicted octanol–water partition coefficient (Wildman–Crippen LogP) is 2.69. The number of rotatable bonds is 3. The fourth-order valence-electron chi connectivity index (χ4n) is 1.93. The smallest absolute Gasteiger partial charge is 0.401 e. The van der Waals surface area contributed by atoms with Gasteiger partial charge in [-0.05, 0) is 30.7 Å². The molecule has 0 radical (unpaired) electrons. The first-order chi connectivity index (χ1) is 9.22. The molecule has 2 aromatic heterocycles. The van der Waals surface area contributed by atoms with Crippen LogP contribution >= 0.6 is 11.6 Å². The Morgan fingerprint density at radius 3 is 3.11 bits per heavy atom. The van der Waals surface area contributed by atoms with Crippen molar-refractivity contribution >= 4 is 17.4 Å². The maximum atomic E-state index is 5.91. The van der Waals surface area contributed by atoms with Crippen LogP contribution in [0.5, 0.6) is 5.75 Å². The highest BCUT2D eigenvalue weighted by Crippen LogP contribution is 2.22. The van der Waals surface area contributed by atoms with Crippen LogP contribution in [-0.4, -0.2) is 9.97 Å². The number of aromatic amines is 1. The first-order valence-electron chi connectivity index (χ1n) is 5.95. The van der Waals surface area contributed by atoms with E-state index in [0.717, 1.165) is 27.8 Å². The number of nitrogens with zero attached hydrogens (tertiary/aromatic N) is 2. The Bertz CT molecular complexity index is 691. The Kier molecular flexibility index (Phi) is 3.09. The predicted molar refractivity (Wildman–Crippen MR) is 72.3 cm³/mol. The molecule has 0 aliphatic carbocycles. The molecule has 4 nitrogen and oxygen atoms in total. The number of aryl methyl sites for hydroxylation is 1.